The highest BCUT2D eigenvalue weighted by atomic mass is 16.7. The molecule has 6 N–H and O–H groups in total. The highest BCUT2D eigenvalue weighted by Crippen LogP contribution is 2.26. The summed E-state index contributed by atoms with van der Waals surface area (Å²) < 4.78 is 17.5. The Kier molecular flexibility index (Phi) is 47.6. The van der Waals surface area contributed by atoms with Crippen LogP contribution in [0.15, 0.2) is 97.2 Å². The van der Waals surface area contributed by atoms with E-state index in [1.165, 1.54) is 96.3 Å². The van der Waals surface area contributed by atoms with Crippen LogP contribution in [-0.2, 0) is 23.8 Å². The van der Waals surface area contributed by atoms with Crippen LogP contribution in [0.3, 0.4) is 0 Å². The van der Waals surface area contributed by atoms with Crippen molar-refractivity contribution in [2.24, 2.45) is 0 Å². The van der Waals surface area contributed by atoms with Crippen LogP contribution >= 0.6 is 0 Å². The Morgan fingerprint density at radius 1 is 0.547 bits per heavy atom. The van der Waals surface area contributed by atoms with Crippen LogP contribution in [0.2, 0.25) is 0 Å². The number of carbonyl (C=O) groups is 2. The van der Waals surface area contributed by atoms with Crippen LogP contribution in [-0.4, -0.2) is 99.6 Å². The van der Waals surface area contributed by atoms with Gasteiger partial charge in [0.1, 0.15) is 24.4 Å². The molecule has 430 valence electrons. The molecule has 0 bridgehead atoms. The smallest absolute Gasteiger partial charge is 0.306 e. The molecule has 0 aromatic carbocycles. The van der Waals surface area contributed by atoms with E-state index in [0.29, 0.717) is 12.8 Å². The van der Waals surface area contributed by atoms with E-state index in [1.807, 2.05) is 42.5 Å². The average Bonchev–Trinajstić information content (AvgIpc) is 3.41. The number of esters is 1. The molecule has 0 spiro atoms. The summed E-state index contributed by atoms with van der Waals surface area (Å²) in [6.07, 6.45) is 57.4. The number of rotatable bonds is 49. The van der Waals surface area contributed by atoms with Crippen molar-refractivity contribution in [3.8, 4) is 0 Å². The first kappa shape index (κ1) is 69.6. The van der Waals surface area contributed by atoms with Crippen molar-refractivity contribution in [1.82, 2.24) is 5.32 Å². The number of ether oxygens (including phenoxy) is 3. The third kappa shape index (κ3) is 39.6. The van der Waals surface area contributed by atoms with Gasteiger partial charge in [-0.25, -0.2) is 0 Å². The van der Waals surface area contributed by atoms with Crippen molar-refractivity contribution in [1.29, 1.82) is 0 Å². The monoisotopic (exact) mass is 1050 g/mol. The lowest BCUT2D eigenvalue weighted by Crippen LogP contribution is -2.61. The van der Waals surface area contributed by atoms with E-state index in [1.54, 1.807) is 6.08 Å². The number of hydrogen-bond donors (Lipinski definition) is 6. The molecule has 0 aromatic heterocycles. The molecule has 0 aliphatic carbocycles. The maximum absolute atomic E-state index is 13.4. The fourth-order valence-corrected chi connectivity index (χ4v) is 8.78. The highest BCUT2D eigenvalue weighted by molar-refractivity contribution is 5.80. The largest absolute Gasteiger partial charge is 0.454 e. The van der Waals surface area contributed by atoms with Crippen LogP contribution in [0.5, 0.6) is 0 Å². The molecular weight excluding hydrogens is 943 g/mol. The van der Waals surface area contributed by atoms with Crippen molar-refractivity contribution < 1.29 is 49.3 Å². The third-order valence-electron chi connectivity index (χ3n) is 13.6. The molecule has 1 saturated heterocycles. The number of unbranched alkanes of at least 4 members (excludes halogenated alkanes) is 24. The zero-order chi connectivity index (χ0) is 54.7. The van der Waals surface area contributed by atoms with Gasteiger partial charge < -0.3 is 45.1 Å². The lowest BCUT2D eigenvalue weighted by atomic mass is 9.99. The standard InChI is InChI=1S/C64H109NO10/c1-4-7-10-13-16-19-22-24-25-26-27-28-29-30-31-32-34-36-39-42-45-48-51-57(68)63(72)65-55(56(67)50-47-44-41-38-35-21-18-15-12-9-6-3)54-73-64-62(61(71)60(70)58(53-66)74-64)75-59(69)52-49-46-43-40-37-33-23-20-17-14-11-8-5-2/h8,11,14,16-17,19-20,23-25,27-28,33,37,47,50,55-58,60-62,64,66-68,70-71H,4-7,9-10,12-13,15,18,21-22,26,29-32,34-36,38-46,48-49,51-54H2,1-3H3,(H,65,72)/b11-8+,17-14+,19-16-,23-20-,25-24-,28-27-,37-33-,50-47+. The minimum atomic E-state index is -1.63. The molecule has 1 rings (SSSR count). The summed E-state index contributed by atoms with van der Waals surface area (Å²) in [6.45, 7) is 5.57. The topological polar surface area (TPSA) is 175 Å². The van der Waals surface area contributed by atoms with E-state index in [0.717, 1.165) is 89.9 Å². The molecule has 1 aliphatic heterocycles. The molecule has 11 heteroatoms. The number of amides is 1. The Balaban J connectivity index is 2.68. The van der Waals surface area contributed by atoms with E-state index in [2.05, 4.69) is 74.7 Å². The number of aliphatic hydroxyl groups excluding tert-OH is 5. The van der Waals surface area contributed by atoms with Crippen LogP contribution in [0, 0.1) is 0 Å². The molecule has 8 unspecified atom stereocenters. The summed E-state index contributed by atoms with van der Waals surface area (Å²) in [6, 6.07) is -1.04. The van der Waals surface area contributed by atoms with Crippen LogP contribution in [0.1, 0.15) is 233 Å². The van der Waals surface area contributed by atoms with Gasteiger partial charge in [0.15, 0.2) is 12.4 Å². The summed E-state index contributed by atoms with van der Waals surface area (Å²) in [5, 5.41) is 56.8. The average molecular weight is 1050 g/mol. The second-order valence-electron chi connectivity index (χ2n) is 20.4. The SMILES string of the molecule is CC/C=C/C=C/C=C\C=C/CCCCCC(=O)OC1C(OCC(NC(=O)C(O)CCCCCCCCCCC/C=C\C/C=C\C/C=C\CCCCC)C(O)/C=C/CCCCCCCCCCC)OC(CO)C(O)C1O. The van der Waals surface area contributed by atoms with Crippen LogP contribution in [0.25, 0.3) is 0 Å². The predicted molar refractivity (Wildman–Crippen MR) is 310 cm³/mol. The van der Waals surface area contributed by atoms with Crippen molar-refractivity contribution in [3.63, 3.8) is 0 Å². The first-order chi connectivity index (χ1) is 36.7. The summed E-state index contributed by atoms with van der Waals surface area (Å²) in [5.41, 5.74) is 0. The molecular formula is C64H109NO10. The fourth-order valence-electron chi connectivity index (χ4n) is 8.78. The molecule has 1 aliphatic rings. The second kappa shape index (κ2) is 51.3. The zero-order valence-corrected chi connectivity index (χ0v) is 47.4. The Bertz CT molecular complexity index is 1580. The molecule has 11 nitrogen and oxygen atoms in total. The molecule has 0 aromatic rings. The number of nitrogens with one attached hydrogen (secondary N) is 1. The van der Waals surface area contributed by atoms with E-state index in [4.69, 9.17) is 14.2 Å². The van der Waals surface area contributed by atoms with Gasteiger partial charge in [0.2, 0.25) is 5.91 Å². The Morgan fingerprint density at radius 3 is 1.59 bits per heavy atom. The van der Waals surface area contributed by atoms with Crippen LogP contribution in [0.4, 0.5) is 0 Å². The van der Waals surface area contributed by atoms with Crippen molar-refractivity contribution in [3.05, 3.63) is 97.2 Å². The van der Waals surface area contributed by atoms with Gasteiger partial charge in [-0.05, 0) is 83.5 Å². The van der Waals surface area contributed by atoms with Gasteiger partial charge >= 0.3 is 5.97 Å². The van der Waals surface area contributed by atoms with Crippen molar-refractivity contribution in [2.75, 3.05) is 13.2 Å². The minimum absolute atomic E-state index is 0.0728. The lowest BCUT2D eigenvalue weighted by molar-refractivity contribution is -0.305. The highest BCUT2D eigenvalue weighted by Gasteiger charge is 2.47. The predicted octanol–water partition coefficient (Wildman–Crippen LogP) is 13.9. The Labute approximate surface area is 456 Å². The number of carbonyl (C=O) groups excluding carboxylic acids is 2. The van der Waals surface area contributed by atoms with Gasteiger partial charge in [-0.2, -0.15) is 0 Å². The maximum atomic E-state index is 13.4. The van der Waals surface area contributed by atoms with Crippen LogP contribution < -0.4 is 5.32 Å². The molecule has 0 radical (unpaired) electrons. The van der Waals surface area contributed by atoms with Gasteiger partial charge in [0, 0.05) is 6.42 Å². The van der Waals surface area contributed by atoms with Gasteiger partial charge in [-0.3, -0.25) is 9.59 Å². The normalized spacial score (nSPS) is 19.9. The quantitative estimate of drug-likeness (QED) is 0.0149. The lowest BCUT2D eigenvalue weighted by Gasteiger charge is -2.41. The first-order valence-corrected chi connectivity index (χ1v) is 30.1. The molecule has 1 amide bonds. The summed E-state index contributed by atoms with van der Waals surface area (Å²) in [7, 11) is 0. The van der Waals surface area contributed by atoms with Gasteiger partial charge in [0.25, 0.3) is 0 Å². The summed E-state index contributed by atoms with van der Waals surface area (Å²) in [4.78, 5) is 26.5. The summed E-state index contributed by atoms with van der Waals surface area (Å²) >= 11 is 0. The van der Waals surface area contributed by atoms with E-state index in [-0.39, 0.29) is 19.4 Å². The molecule has 0 saturated carbocycles. The Hall–Kier alpha value is -3.42. The van der Waals surface area contributed by atoms with Crippen molar-refractivity contribution in [2.45, 2.75) is 282 Å². The molecule has 1 fully saturated rings. The summed E-state index contributed by atoms with van der Waals surface area (Å²) in [5.74, 6) is -1.25. The van der Waals surface area contributed by atoms with Gasteiger partial charge in [-0.1, -0.05) is 240 Å². The molecule has 75 heavy (non-hydrogen) atoms. The van der Waals surface area contributed by atoms with E-state index >= 15 is 0 Å². The fraction of sp³-hybridized carbons (Fsp3) is 0.719. The number of hydrogen-bond acceptors (Lipinski definition) is 10. The zero-order valence-electron chi connectivity index (χ0n) is 47.4. The molecule has 1 heterocycles. The third-order valence-corrected chi connectivity index (χ3v) is 13.6. The second-order valence-corrected chi connectivity index (χ2v) is 20.4. The Morgan fingerprint density at radius 2 is 1.01 bits per heavy atom. The van der Waals surface area contributed by atoms with Gasteiger partial charge in [0.05, 0.1) is 25.4 Å². The van der Waals surface area contributed by atoms with E-state index in [9.17, 15) is 35.1 Å². The maximum Gasteiger partial charge on any atom is 0.306 e. The number of aliphatic hydroxyl groups is 5. The minimum Gasteiger partial charge on any atom is -0.454 e. The van der Waals surface area contributed by atoms with Gasteiger partial charge in [-0.15, -0.1) is 0 Å². The van der Waals surface area contributed by atoms with Crippen molar-refractivity contribution >= 4 is 11.9 Å². The molecule has 8 atom stereocenters. The first-order valence-electron chi connectivity index (χ1n) is 30.1. The van der Waals surface area contributed by atoms with E-state index < -0.39 is 67.4 Å². The number of allylic oxidation sites excluding steroid dienone is 15.